The number of hydrogen-bond donors (Lipinski definition) is 1. The first-order valence-electron chi connectivity index (χ1n) is 4.96. The summed E-state index contributed by atoms with van der Waals surface area (Å²) in [6, 6.07) is 8.98. The fourth-order valence-electron chi connectivity index (χ4n) is 1.27. The molecule has 2 heterocycles. The Morgan fingerprint density at radius 3 is 2.62 bits per heavy atom. The van der Waals surface area contributed by atoms with Gasteiger partial charge in [0, 0.05) is 24.2 Å². The van der Waals surface area contributed by atoms with E-state index in [9.17, 15) is 5.11 Å². The van der Waals surface area contributed by atoms with Crippen LogP contribution in [-0.2, 0) is 11.3 Å². The van der Waals surface area contributed by atoms with Crippen LogP contribution in [0.4, 0.5) is 0 Å². The Bertz CT molecular complexity index is 420. The van der Waals surface area contributed by atoms with Gasteiger partial charge in [0.05, 0.1) is 12.3 Å². The average Bonchev–Trinajstić information content (AvgIpc) is 2.38. The van der Waals surface area contributed by atoms with Crippen LogP contribution < -0.4 is 0 Å². The molecule has 0 radical (unpaired) electrons. The monoisotopic (exact) mass is 216 g/mol. The van der Waals surface area contributed by atoms with Gasteiger partial charge in [-0.2, -0.15) is 0 Å². The lowest BCUT2D eigenvalue weighted by Gasteiger charge is -2.11. The zero-order valence-electron chi connectivity index (χ0n) is 8.65. The molecule has 0 saturated heterocycles. The summed E-state index contributed by atoms with van der Waals surface area (Å²) < 4.78 is 5.28. The highest BCUT2D eigenvalue weighted by Gasteiger charge is 2.07. The molecule has 1 atom stereocenters. The van der Waals surface area contributed by atoms with Gasteiger partial charge in [0.2, 0.25) is 0 Å². The van der Waals surface area contributed by atoms with Crippen LogP contribution in [0.15, 0.2) is 48.9 Å². The smallest absolute Gasteiger partial charge is 0.181 e. The third-order valence-electron chi connectivity index (χ3n) is 2.11. The Morgan fingerprint density at radius 1 is 1.12 bits per heavy atom. The number of ether oxygens (including phenoxy) is 1. The van der Waals surface area contributed by atoms with Gasteiger partial charge in [-0.15, -0.1) is 0 Å². The highest BCUT2D eigenvalue weighted by Crippen LogP contribution is 2.14. The summed E-state index contributed by atoms with van der Waals surface area (Å²) >= 11 is 0. The van der Waals surface area contributed by atoms with Gasteiger partial charge in [-0.25, -0.2) is 0 Å². The van der Waals surface area contributed by atoms with Crippen molar-refractivity contribution in [1.29, 1.82) is 0 Å². The van der Waals surface area contributed by atoms with Gasteiger partial charge in [0.1, 0.15) is 0 Å². The predicted octanol–water partition coefficient (Wildman–Crippen LogP) is 1.68. The number of rotatable bonds is 4. The van der Waals surface area contributed by atoms with Gasteiger partial charge in [-0.1, -0.05) is 6.07 Å². The van der Waals surface area contributed by atoms with Crippen molar-refractivity contribution < 1.29 is 9.84 Å². The average molecular weight is 216 g/mol. The molecular formula is C12H12N2O2. The molecule has 1 unspecified atom stereocenters. The molecular weight excluding hydrogens is 204 g/mol. The first kappa shape index (κ1) is 10.7. The van der Waals surface area contributed by atoms with E-state index in [0.717, 1.165) is 5.69 Å². The summed E-state index contributed by atoms with van der Waals surface area (Å²) in [6.45, 7) is 0.282. The van der Waals surface area contributed by atoms with Crippen molar-refractivity contribution in [1.82, 2.24) is 9.97 Å². The first-order valence-corrected chi connectivity index (χ1v) is 4.96. The first-order chi connectivity index (χ1) is 7.86. The Kier molecular flexibility index (Phi) is 3.58. The predicted molar refractivity (Wildman–Crippen MR) is 58.2 cm³/mol. The summed E-state index contributed by atoms with van der Waals surface area (Å²) in [7, 11) is 0. The molecule has 4 nitrogen and oxygen atoms in total. The van der Waals surface area contributed by atoms with Crippen LogP contribution >= 0.6 is 0 Å². The SMILES string of the molecule is OC(OCc1ccccn1)c1ccncc1. The number of nitrogens with zero attached hydrogens (tertiary/aromatic N) is 2. The van der Waals surface area contributed by atoms with Gasteiger partial charge in [-0.05, 0) is 24.3 Å². The molecule has 0 bridgehead atoms. The Morgan fingerprint density at radius 2 is 1.94 bits per heavy atom. The lowest BCUT2D eigenvalue weighted by molar-refractivity contribution is -0.112. The standard InChI is InChI=1S/C12H12N2O2/c15-12(10-4-7-13-8-5-10)16-9-11-3-1-2-6-14-11/h1-8,12,15H,9H2. The lowest BCUT2D eigenvalue weighted by Crippen LogP contribution is -2.04. The van der Waals surface area contributed by atoms with Gasteiger partial charge in [0.15, 0.2) is 6.29 Å². The van der Waals surface area contributed by atoms with E-state index in [1.165, 1.54) is 0 Å². The molecule has 1 N–H and O–H groups in total. The summed E-state index contributed by atoms with van der Waals surface area (Å²) in [6.07, 6.45) is 3.98. The highest BCUT2D eigenvalue weighted by molar-refractivity contribution is 5.11. The van der Waals surface area contributed by atoms with Gasteiger partial charge in [0.25, 0.3) is 0 Å². The van der Waals surface area contributed by atoms with Crippen LogP contribution in [0.2, 0.25) is 0 Å². The van der Waals surface area contributed by atoms with Crippen LogP contribution in [0.1, 0.15) is 17.5 Å². The third kappa shape index (κ3) is 2.85. The highest BCUT2D eigenvalue weighted by atomic mass is 16.6. The van der Waals surface area contributed by atoms with Crippen molar-refractivity contribution in [2.75, 3.05) is 0 Å². The number of pyridine rings is 2. The molecule has 0 aliphatic carbocycles. The Labute approximate surface area is 93.6 Å². The van der Waals surface area contributed by atoms with Crippen LogP contribution in [0.3, 0.4) is 0 Å². The van der Waals surface area contributed by atoms with E-state index in [0.29, 0.717) is 5.56 Å². The second-order valence-electron chi connectivity index (χ2n) is 3.26. The molecule has 0 aromatic carbocycles. The number of aromatic nitrogens is 2. The zero-order chi connectivity index (χ0) is 11.2. The molecule has 2 rings (SSSR count). The Hall–Kier alpha value is -1.78. The van der Waals surface area contributed by atoms with Gasteiger partial charge < -0.3 is 9.84 Å². The minimum absolute atomic E-state index is 0.282. The maximum atomic E-state index is 9.70. The zero-order valence-corrected chi connectivity index (χ0v) is 8.65. The summed E-state index contributed by atoms with van der Waals surface area (Å²) in [5.41, 5.74) is 1.47. The summed E-state index contributed by atoms with van der Waals surface area (Å²) in [5, 5.41) is 9.70. The minimum atomic E-state index is -0.940. The van der Waals surface area contributed by atoms with E-state index in [2.05, 4.69) is 9.97 Å². The molecule has 4 heteroatoms. The van der Waals surface area contributed by atoms with Gasteiger partial charge >= 0.3 is 0 Å². The fourth-order valence-corrected chi connectivity index (χ4v) is 1.27. The van der Waals surface area contributed by atoms with E-state index in [1.54, 1.807) is 30.7 Å². The molecule has 2 aromatic heterocycles. The maximum absolute atomic E-state index is 9.70. The van der Waals surface area contributed by atoms with Crippen molar-refractivity contribution in [2.24, 2.45) is 0 Å². The summed E-state index contributed by atoms with van der Waals surface area (Å²) in [5.74, 6) is 0. The largest absolute Gasteiger partial charge is 0.364 e. The van der Waals surface area contributed by atoms with Crippen molar-refractivity contribution in [2.45, 2.75) is 12.9 Å². The van der Waals surface area contributed by atoms with E-state index >= 15 is 0 Å². The van der Waals surface area contributed by atoms with Crippen molar-refractivity contribution in [3.8, 4) is 0 Å². The van der Waals surface area contributed by atoms with Crippen LogP contribution in [-0.4, -0.2) is 15.1 Å². The molecule has 82 valence electrons. The topological polar surface area (TPSA) is 55.2 Å². The van der Waals surface area contributed by atoms with E-state index in [-0.39, 0.29) is 6.61 Å². The Balaban J connectivity index is 1.92. The molecule has 2 aromatic rings. The number of hydrogen-bond acceptors (Lipinski definition) is 4. The molecule has 16 heavy (non-hydrogen) atoms. The second kappa shape index (κ2) is 5.34. The molecule has 0 aliphatic heterocycles. The third-order valence-corrected chi connectivity index (χ3v) is 2.11. The summed E-state index contributed by atoms with van der Waals surface area (Å²) in [4.78, 5) is 7.96. The van der Waals surface area contributed by atoms with Crippen LogP contribution in [0.5, 0.6) is 0 Å². The van der Waals surface area contributed by atoms with Gasteiger partial charge in [-0.3, -0.25) is 9.97 Å². The number of aliphatic hydroxyl groups excluding tert-OH is 1. The molecule has 0 amide bonds. The van der Waals surface area contributed by atoms with E-state index in [1.807, 2.05) is 18.2 Å². The van der Waals surface area contributed by atoms with Crippen molar-refractivity contribution in [3.05, 3.63) is 60.2 Å². The van der Waals surface area contributed by atoms with Crippen molar-refractivity contribution in [3.63, 3.8) is 0 Å². The molecule has 0 spiro atoms. The normalized spacial score (nSPS) is 12.3. The van der Waals surface area contributed by atoms with E-state index in [4.69, 9.17) is 4.74 Å². The van der Waals surface area contributed by atoms with Crippen LogP contribution in [0.25, 0.3) is 0 Å². The molecule has 0 aliphatic rings. The van der Waals surface area contributed by atoms with Crippen LogP contribution in [0, 0.1) is 0 Å². The van der Waals surface area contributed by atoms with Crippen molar-refractivity contribution >= 4 is 0 Å². The second-order valence-corrected chi connectivity index (χ2v) is 3.26. The lowest BCUT2D eigenvalue weighted by atomic mass is 10.2. The fraction of sp³-hybridized carbons (Fsp3) is 0.167. The minimum Gasteiger partial charge on any atom is -0.364 e. The maximum Gasteiger partial charge on any atom is 0.181 e. The molecule has 0 fully saturated rings. The quantitative estimate of drug-likeness (QED) is 0.790. The molecule has 0 saturated carbocycles. The number of aliphatic hydroxyl groups is 1. The van der Waals surface area contributed by atoms with E-state index < -0.39 is 6.29 Å².